The molecule has 4 rings (SSSR count). The largest absolute Gasteiger partial charge is 0.493 e. The van der Waals surface area contributed by atoms with Gasteiger partial charge in [0.1, 0.15) is 14.3 Å². The van der Waals surface area contributed by atoms with Crippen LogP contribution in [0.15, 0.2) is 42.5 Å². The molecule has 5 heteroatoms. The molecule has 1 unspecified atom stereocenters. The molecule has 0 bridgehead atoms. The van der Waals surface area contributed by atoms with E-state index in [4.69, 9.17) is 22.4 Å². The van der Waals surface area contributed by atoms with Crippen molar-refractivity contribution in [3.05, 3.63) is 53.8 Å². The van der Waals surface area contributed by atoms with Crippen molar-refractivity contribution in [1.82, 2.24) is 5.32 Å². The van der Waals surface area contributed by atoms with Crippen LogP contribution in [0.25, 0.3) is 0 Å². The number of piperidine rings is 1. The van der Waals surface area contributed by atoms with Crippen LogP contribution in [0.4, 0.5) is 4.39 Å². The van der Waals surface area contributed by atoms with Crippen molar-refractivity contribution in [2.24, 2.45) is 5.92 Å². The zero-order valence-electron chi connectivity index (χ0n) is 18.7. The highest BCUT2D eigenvalue weighted by Gasteiger charge is 2.27. The smallest absolute Gasteiger partial charge is 0.231 e. The average molecular weight is 335 g/mol. The van der Waals surface area contributed by atoms with Gasteiger partial charge in [0.2, 0.25) is 6.75 Å². The SMILES string of the molecule is [2H]C1([2H])Oc2ccc(OC([2H])([2H])C3CNCC([2H])([2H])[C@H]3c3ccc(F)cc3)cc2O1. The van der Waals surface area contributed by atoms with Crippen LogP contribution in [-0.4, -0.2) is 26.4 Å². The number of hydrogen-bond acceptors (Lipinski definition) is 4. The van der Waals surface area contributed by atoms with Gasteiger partial charge in [0.25, 0.3) is 0 Å². The summed E-state index contributed by atoms with van der Waals surface area (Å²) in [4.78, 5) is 0. The van der Waals surface area contributed by atoms with Gasteiger partial charge in [0.15, 0.2) is 11.5 Å². The summed E-state index contributed by atoms with van der Waals surface area (Å²) in [5.74, 6) is -1.91. The Morgan fingerprint density at radius 1 is 1.21 bits per heavy atom. The summed E-state index contributed by atoms with van der Waals surface area (Å²) in [6.07, 6.45) is -1.79. The zero-order chi connectivity index (χ0) is 21.7. The van der Waals surface area contributed by atoms with Crippen LogP contribution in [0.5, 0.6) is 17.2 Å². The number of halogens is 1. The highest BCUT2D eigenvalue weighted by molar-refractivity contribution is 5.46. The normalized spacial score (nSPS) is 30.9. The molecular formula is C19H20FNO3. The van der Waals surface area contributed by atoms with E-state index in [1.54, 1.807) is 0 Å². The van der Waals surface area contributed by atoms with Crippen LogP contribution in [0, 0.1) is 11.7 Å². The van der Waals surface area contributed by atoms with Crippen LogP contribution < -0.4 is 19.5 Å². The van der Waals surface area contributed by atoms with Crippen molar-refractivity contribution in [3.8, 4) is 17.2 Å². The molecule has 24 heavy (non-hydrogen) atoms. The number of rotatable bonds is 4. The summed E-state index contributed by atoms with van der Waals surface area (Å²) in [5.41, 5.74) is 0.485. The lowest BCUT2D eigenvalue weighted by Gasteiger charge is -2.32. The van der Waals surface area contributed by atoms with Crippen LogP contribution in [0.1, 0.15) is 26.1 Å². The summed E-state index contributed by atoms with van der Waals surface area (Å²) >= 11 is 0. The quantitative estimate of drug-likeness (QED) is 0.930. The van der Waals surface area contributed by atoms with E-state index in [1.165, 1.54) is 42.5 Å². The van der Waals surface area contributed by atoms with Crippen LogP contribution in [-0.2, 0) is 0 Å². The maximum Gasteiger partial charge on any atom is 0.231 e. The molecule has 126 valence electrons. The predicted molar refractivity (Wildman–Crippen MR) is 88.2 cm³/mol. The first kappa shape index (κ1) is 9.89. The molecule has 0 radical (unpaired) electrons. The third kappa shape index (κ3) is 3.17. The van der Waals surface area contributed by atoms with Crippen molar-refractivity contribution in [2.75, 3.05) is 26.4 Å². The molecule has 1 fully saturated rings. The Morgan fingerprint density at radius 3 is 2.92 bits per heavy atom. The van der Waals surface area contributed by atoms with Crippen molar-refractivity contribution in [2.45, 2.75) is 12.3 Å². The van der Waals surface area contributed by atoms with E-state index >= 15 is 0 Å². The van der Waals surface area contributed by atoms with E-state index in [-0.39, 0.29) is 30.3 Å². The molecule has 2 aromatic carbocycles. The van der Waals surface area contributed by atoms with Gasteiger partial charge in [0, 0.05) is 21.3 Å². The third-order valence-corrected chi connectivity index (χ3v) is 3.99. The van der Waals surface area contributed by atoms with Crippen molar-refractivity contribution >= 4 is 0 Å². The second kappa shape index (κ2) is 6.69. The highest BCUT2D eigenvalue weighted by atomic mass is 19.1. The second-order valence-electron chi connectivity index (χ2n) is 5.59. The van der Waals surface area contributed by atoms with E-state index in [2.05, 4.69) is 5.32 Å². The molecule has 1 saturated heterocycles. The highest BCUT2D eigenvalue weighted by Crippen LogP contribution is 2.36. The Bertz CT molecular complexity index is 940. The minimum absolute atomic E-state index is 0.0285. The van der Waals surface area contributed by atoms with Gasteiger partial charge >= 0.3 is 0 Å². The molecule has 2 aliphatic heterocycles. The Hall–Kier alpha value is -2.27. The van der Waals surface area contributed by atoms with Crippen molar-refractivity contribution < 1.29 is 26.8 Å². The van der Waals surface area contributed by atoms with Gasteiger partial charge in [-0.05, 0) is 48.7 Å². The molecule has 2 aromatic rings. The number of ether oxygens (including phenoxy) is 3. The topological polar surface area (TPSA) is 39.7 Å². The molecular weight excluding hydrogens is 309 g/mol. The third-order valence-electron chi connectivity index (χ3n) is 3.99. The standard InChI is InChI=1S/C19H20FNO3/c20-15-3-1-13(2-4-15)17-7-8-21-10-14(17)11-22-16-5-6-18-19(9-16)24-12-23-18/h1-6,9,14,17,21H,7-8,10-12H2/t14?,17-/m0/s1/i7D2,11D2,12D2. The van der Waals surface area contributed by atoms with E-state index in [0.717, 1.165) is 0 Å². The molecule has 0 aliphatic carbocycles. The fourth-order valence-corrected chi connectivity index (χ4v) is 2.77. The van der Waals surface area contributed by atoms with Gasteiger partial charge in [0.05, 0.1) is 9.30 Å². The zero-order valence-corrected chi connectivity index (χ0v) is 12.7. The molecule has 0 spiro atoms. The second-order valence-corrected chi connectivity index (χ2v) is 5.59. The average Bonchev–Trinajstić information content (AvgIpc) is 2.94. The van der Waals surface area contributed by atoms with Gasteiger partial charge in [-0.3, -0.25) is 0 Å². The minimum Gasteiger partial charge on any atom is -0.493 e. The molecule has 2 atom stereocenters. The first-order valence-corrected chi connectivity index (χ1v) is 7.64. The number of nitrogens with one attached hydrogen (secondary N) is 1. The Labute approximate surface area is 149 Å². The van der Waals surface area contributed by atoms with Gasteiger partial charge in [-0.1, -0.05) is 12.1 Å². The summed E-state index contributed by atoms with van der Waals surface area (Å²) in [7, 11) is 0. The lowest BCUT2D eigenvalue weighted by molar-refractivity contribution is 0.173. The maximum absolute atomic E-state index is 13.4. The number of hydrogen-bond donors (Lipinski definition) is 1. The molecule has 2 aliphatic rings. The van der Waals surface area contributed by atoms with Crippen molar-refractivity contribution in [3.63, 3.8) is 0 Å². The van der Waals surface area contributed by atoms with E-state index in [9.17, 15) is 4.39 Å². The lowest BCUT2D eigenvalue weighted by atomic mass is 9.81. The first-order valence-electron chi connectivity index (χ1n) is 10.6. The van der Waals surface area contributed by atoms with Gasteiger partial charge in [-0.15, -0.1) is 0 Å². The monoisotopic (exact) mass is 335 g/mol. The lowest BCUT2D eigenvalue weighted by Crippen LogP contribution is -2.38. The maximum atomic E-state index is 13.4. The summed E-state index contributed by atoms with van der Waals surface area (Å²) in [6.45, 7) is -4.42. The van der Waals surface area contributed by atoms with E-state index < -0.39 is 37.3 Å². The summed E-state index contributed by atoms with van der Waals surface area (Å²) in [5, 5.41) is 2.92. The van der Waals surface area contributed by atoms with E-state index in [1.807, 2.05) is 0 Å². The molecule has 2 heterocycles. The summed E-state index contributed by atoms with van der Waals surface area (Å²) in [6, 6.07) is 9.57. The Morgan fingerprint density at radius 2 is 2.04 bits per heavy atom. The van der Waals surface area contributed by atoms with E-state index in [0.29, 0.717) is 5.56 Å². The molecule has 0 amide bonds. The van der Waals surface area contributed by atoms with Crippen molar-refractivity contribution in [1.29, 1.82) is 0 Å². The Balaban J connectivity index is 1.62. The number of benzene rings is 2. The number of fused-ring (bicyclic) bond motifs is 1. The fourth-order valence-electron chi connectivity index (χ4n) is 2.77. The van der Waals surface area contributed by atoms with Crippen LogP contribution in [0.3, 0.4) is 0 Å². The fraction of sp³-hybridized carbons (Fsp3) is 0.368. The predicted octanol–water partition coefficient (Wildman–Crippen LogP) is 3.33. The van der Waals surface area contributed by atoms with Gasteiger partial charge in [-0.25, -0.2) is 4.39 Å². The van der Waals surface area contributed by atoms with Crippen LogP contribution >= 0.6 is 0 Å². The Kier molecular flexibility index (Phi) is 2.76. The molecule has 4 nitrogen and oxygen atoms in total. The minimum atomic E-state index is -2.31. The van der Waals surface area contributed by atoms with Gasteiger partial charge in [-0.2, -0.15) is 0 Å². The first-order chi connectivity index (χ1) is 14.0. The van der Waals surface area contributed by atoms with Gasteiger partial charge < -0.3 is 19.5 Å². The molecule has 1 N–H and O–H groups in total. The van der Waals surface area contributed by atoms with Crippen LogP contribution in [0.2, 0.25) is 0 Å². The summed E-state index contributed by atoms with van der Waals surface area (Å²) < 4.78 is 77.9. The molecule has 0 saturated carbocycles. The molecule has 0 aromatic heterocycles.